The van der Waals surface area contributed by atoms with E-state index in [-0.39, 0.29) is 0 Å². The molecule has 120 valence electrons. The first kappa shape index (κ1) is 15.9. The molecule has 0 aliphatic rings. The zero-order valence-electron chi connectivity index (χ0n) is 14.0. The van der Waals surface area contributed by atoms with Crippen LogP contribution in [0, 0.1) is 13.8 Å². The minimum absolute atomic E-state index is 0.491. The van der Waals surface area contributed by atoms with Crippen LogP contribution in [-0.4, -0.2) is 10.2 Å². The Kier molecular flexibility index (Phi) is 4.71. The van der Waals surface area contributed by atoms with Crippen molar-refractivity contribution in [2.45, 2.75) is 20.3 Å². The highest BCUT2D eigenvalue weighted by Crippen LogP contribution is 2.29. The molecule has 0 amide bonds. The van der Waals surface area contributed by atoms with Gasteiger partial charge in [0.15, 0.2) is 0 Å². The highest BCUT2D eigenvalue weighted by Gasteiger charge is 2.10. The number of aromatic nitrogens is 2. The Labute approximate surface area is 142 Å². The maximum Gasteiger partial charge on any atom is 0.238 e. The van der Waals surface area contributed by atoms with Crippen molar-refractivity contribution in [3.05, 3.63) is 83.9 Å². The molecule has 0 atom stereocenters. The van der Waals surface area contributed by atoms with Crippen LogP contribution in [0.4, 0.5) is 0 Å². The summed E-state index contributed by atoms with van der Waals surface area (Å²) in [5, 5.41) is 8.48. The van der Waals surface area contributed by atoms with E-state index in [1.165, 1.54) is 5.56 Å². The summed E-state index contributed by atoms with van der Waals surface area (Å²) >= 11 is 0. The summed E-state index contributed by atoms with van der Waals surface area (Å²) in [6.07, 6.45) is 2.64. The molecule has 0 spiro atoms. The van der Waals surface area contributed by atoms with E-state index in [0.29, 0.717) is 5.88 Å². The summed E-state index contributed by atoms with van der Waals surface area (Å²) in [5.41, 5.74) is 5.34. The van der Waals surface area contributed by atoms with Crippen LogP contribution in [-0.2, 0) is 6.42 Å². The lowest BCUT2D eigenvalue weighted by atomic mass is 10.0. The Morgan fingerprint density at radius 1 is 1.00 bits per heavy atom. The molecular formula is C21H20N2O. The van der Waals surface area contributed by atoms with Crippen LogP contribution < -0.4 is 4.74 Å². The first-order valence-corrected chi connectivity index (χ1v) is 7.95. The zero-order chi connectivity index (χ0) is 16.9. The second-order valence-corrected chi connectivity index (χ2v) is 5.78. The predicted molar refractivity (Wildman–Crippen MR) is 97.4 cm³/mol. The molecule has 2 aromatic carbocycles. The van der Waals surface area contributed by atoms with Crippen molar-refractivity contribution >= 4 is 0 Å². The number of rotatable bonds is 5. The van der Waals surface area contributed by atoms with Gasteiger partial charge in [-0.05, 0) is 43.5 Å². The van der Waals surface area contributed by atoms with Gasteiger partial charge in [0.2, 0.25) is 5.88 Å². The Morgan fingerprint density at radius 3 is 2.46 bits per heavy atom. The van der Waals surface area contributed by atoms with Gasteiger partial charge < -0.3 is 4.74 Å². The lowest BCUT2D eigenvalue weighted by Crippen LogP contribution is -1.98. The van der Waals surface area contributed by atoms with Crippen LogP contribution in [0.5, 0.6) is 11.6 Å². The van der Waals surface area contributed by atoms with Crippen LogP contribution in [0.1, 0.15) is 16.7 Å². The van der Waals surface area contributed by atoms with Crippen molar-refractivity contribution in [1.29, 1.82) is 0 Å². The Hall–Kier alpha value is -2.94. The third-order valence-corrected chi connectivity index (χ3v) is 3.85. The highest BCUT2D eigenvalue weighted by atomic mass is 16.5. The van der Waals surface area contributed by atoms with Gasteiger partial charge in [0.1, 0.15) is 5.75 Å². The number of ether oxygens (including phenoxy) is 1. The Balaban J connectivity index is 1.88. The van der Waals surface area contributed by atoms with Crippen molar-refractivity contribution in [2.75, 3.05) is 0 Å². The maximum absolute atomic E-state index is 5.99. The average molecular weight is 316 g/mol. The van der Waals surface area contributed by atoms with Crippen LogP contribution in [0.15, 0.2) is 67.3 Å². The van der Waals surface area contributed by atoms with Crippen molar-refractivity contribution in [2.24, 2.45) is 0 Å². The van der Waals surface area contributed by atoms with Gasteiger partial charge in [0, 0.05) is 17.2 Å². The first-order valence-electron chi connectivity index (χ1n) is 7.95. The van der Waals surface area contributed by atoms with Crippen molar-refractivity contribution in [3.8, 4) is 22.9 Å². The second kappa shape index (κ2) is 7.09. The summed E-state index contributed by atoms with van der Waals surface area (Å²) in [4.78, 5) is 0. The van der Waals surface area contributed by atoms with E-state index >= 15 is 0 Å². The number of allylic oxidation sites excluding steroid dienone is 1. The summed E-state index contributed by atoms with van der Waals surface area (Å²) in [5.74, 6) is 1.30. The van der Waals surface area contributed by atoms with Crippen molar-refractivity contribution in [1.82, 2.24) is 10.2 Å². The maximum atomic E-state index is 5.99. The summed E-state index contributed by atoms with van der Waals surface area (Å²) < 4.78 is 5.99. The molecule has 0 aliphatic carbocycles. The molecule has 3 rings (SSSR count). The minimum atomic E-state index is 0.491. The van der Waals surface area contributed by atoms with E-state index in [1.54, 1.807) is 0 Å². The largest absolute Gasteiger partial charge is 0.437 e. The molecule has 1 heterocycles. The molecule has 3 nitrogen and oxygen atoms in total. The molecule has 0 unspecified atom stereocenters. The monoisotopic (exact) mass is 316 g/mol. The summed E-state index contributed by atoms with van der Waals surface area (Å²) in [7, 11) is 0. The van der Waals surface area contributed by atoms with E-state index in [9.17, 15) is 0 Å². The molecule has 0 bridgehead atoms. The lowest BCUT2D eigenvalue weighted by Gasteiger charge is -2.13. The summed E-state index contributed by atoms with van der Waals surface area (Å²) in [6.45, 7) is 7.97. The van der Waals surface area contributed by atoms with Gasteiger partial charge in [-0.2, -0.15) is 0 Å². The molecule has 1 aromatic heterocycles. The number of hydrogen-bond acceptors (Lipinski definition) is 3. The molecule has 0 N–H and O–H groups in total. The fraction of sp³-hybridized carbons (Fsp3) is 0.143. The second-order valence-electron chi connectivity index (χ2n) is 5.78. The van der Waals surface area contributed by atoms with Gasteiger partial charge >= 0.3 is 0 Å². The van der Waals surface area contributed by atoms with Crippen molar-refractivity contribution in [3.63, 3.8) is 0 Å². The number of aryl methyl sites for hydroxylation is 2. The summed E-state index contributed by atoms with van der Waals surface area (Å²) in [6, 6.07) is 17.9. The number of benzene rings is 2. The SMILES string of the molecule is C=CCc1c(C)cc(C)cc1Oc1ccc(-c2ccccc2)nn1. The lowest BCUT2D eigenvalue weighted by molar-refractivity contribution is 0.450. The van der Waals surface area contributed by atoms with Crippen molar-refractivity contribution < 1.29 is 4.74 Å². The van der Waals surface area contributed by atoms with Gasteiger partial charge in [0.05, 0.1) is 5.69 Å². The van der Waals surface area contributed by atoms with Gasteiger partial charge in [0.25, 0.3) is 0 Å². The van der Waals surface area contributed by atoms with E-state index in [0.717, 1.165) is 34.6 Å². The van der Waals surface area contributed by atoms with Crippen LogP contribution in [0.2, 0.25) is 0 Å². The molecule has 0 saturated carbocycles. The Bertz CT molecular complexity index is 840. The minimum Gasteiger partial charge on any atom is -0.437 e. The molecular weight excluding hydrogens is 296 g/mol. The predicted octanol–water partition coefficient (Wildman–Crippen LogP) is 5.28. The number of hydrogen-bond donors (Lipinski definition) is 0. The fourth-order valence-electron chi connectivity index (χ4n) is 2.71. The normalized spacial score (nSPS) is 10.4. The first-order chi connectivity index (χ1) is 11.7. The standard InChI is InChI=1S/C21H20N2O/c1-4-8-18-16(3)13-15(2)14-20(18)24-21-12-11-19(22-23-21)17-9-6-5-7-10-17/h4-7,9-14H,1,8H2,2-3H3. The van der Waals surface area contributed by atoms with Gasteiger partial charge in [-0.15, -0.1) is 16.8 Å². The third kappa shape index (κ3) is 3.51. The fourth-order valence-corrected chi connectivity index (χ4v) is 2.71. The average Bonchev–Trinajstić information content (AvgIpc) is 2.59. The zero-order valence-corrected chi connectivity index (χ0v) is 14.0. The molecule has 0 radical (unpaired) electrons. The van der Waals surface area contributed by atoms with Gasteiger partial charge in [-0.3, -0.25) is 0 Å². The molecule has 0 aliphatic heterocycles. The molecule has 24 heavy (non-hydrogen) atoms. The van der Waals surface area contributed by atoms with E-state index in [2.05, 4.69) is 36.7 Å². The van der Waals surface area contributed by atoms with Crippen LogP contribution in [0.3, 0.4) is 0 Å². The van der Waals surface area contributed by atoms with Crippen LogP contribution in [0.25, 0.3) is 11.3 Å². The highest BCUT2D eigenvalue weighted by molar-refractivity contribution is 5.58. The van der Waals surface area contributed by atoms with Crippen LogP contribution >= 0.6 is 0 Å². The van der Waals surface area contributed by atoms with Gasteiger partial charge in [-0.1, -0.05) is 42.5 Å². The topological polar surface area (TPSA) is 35.0 Å². The van der Waals surface area contributed by atoms with Gasteiger partial charge in [-0.25, -0.2) is 0 Å². The van der Waals surface area contributed by atoms with E-state index in [1.807, 2.05) is 54.6 Å². The third-order valence-electron chi connectivity index (χ3n) is 3.85. The van der Waals surface area contributed by atoms with E-state index < -0.39 is 0 Å². The quantitative estimate of drug-likeness (QED) is 0.601. The van der Waals surface area contributed by atoms with E-state index in [4.69, 9.17) is 4.74 Å². The smallest absolute Gasteiger partial charge is 0.238 e. The number of nitrogens with zero attached hydrogens (tertiary/aromatic N) is 2. The molecule has 3 aromatic rings. The molecule has 3 heteroatoms. The molecule has 0 saturated heterocycles. The Morgan fingerprint density at radius 2 is 1.79 bits per heavy atom. The molecule has 0 fully saturated rings.